The Morgan fingerprint density at radius 3 is 2.68 bits per heavy atom. The third-order valence-corrected chi connectivity index (χ3v) is 4.69. The van der Waals surface area contributed by atoms with Crippen LogP contribution in [0.15, 0.2) is 42.9 Å². The number of rotatable bonds is 4. The predicted octanol–water partition coefficient (Wildman–Crippen LogP) is 2.73. The summed E-state index contributed by atoms with van der Waals surface area (Å²) in [5, 5.41) is 0. The molecule has 1 amide bonds. The molecule has 1 saturated heterocycles. The van der Waals surface area contributed by atoms with Gasteiger partial charge in [0.2, 0.25) is 5.91 Å². The van der Waals surface area contributed by atoms with E-state index >= 15 is 0 Å². The van der Waals surface area contributed by atoms with Crippen molar-refractivity contribution >= 4 is 5.91 Å². The van der Waals surface area contributed by atoms with Crippen molar-refractivity contribution in [1.82, 2.24) is 24.4 Å². The summed E-state index contributed by atoms with van der Waals surface area (Å²) < 4.78 is 2.12. The first-order chi connectivity index (χ1) is 12.1. The number of nitrogens with one attached hydrogen (secondary N) is 1. The highest BCUT2D eigenvalue weighted by atomic mass is 16.2. The molecule has 6 nitrogen and oxygen atoms in total. The second-order valence-electron chi connectivity index (χ2n) is 6.72. The molecule has 1 N–H and O–H groups in total. The Morgan fingerprint density at radius 2 is 2.04 bits per heavy atom. The summed E-state index contributed by atoms with van der Waals surface area (Å²) in [4.78, 5) is 26.1. The van der Waals surface area contributed by atoms with E-state index in [2.05, 4.69) is 31.7 Å². The van der Waals surface area contributed by atoms with Crippen molar-refractivity contribution in [2.75, 3.05) is 13.6 Å². The fraction of sp³-hybridized carbons (Fsp3) is 0.316. The van der Waals surface area contributed by atoms with Gasteiger partial charge in [-0.05, 0) is 6.92 Å². The average molecular weight is 335 g/mol. The quantitative estimate of drug-likeness (QED) is 0.797. The first-order valence-electron chi connectivity index (χ1n) is 8.48. The normalized spacial score (nSPS) is 17.4. The molecule has 0 aliphatic carbocycles. The number of carbonyl (C=O) groups excluding carboxylic acids is 1. The van der Waals surface area contributed by atoms with Gasteiger partial charge in [0.15, 0.2) is 5.82 Å². The molecule has 3 heterocycles. The van der Waals surface area contributed by atoms with Crippen LogP contribution in [0.5, 0.6) is 0 Å². The highest BCUT2D eigenvalue weighted by Gasteiger charge is 2.28. The Balaban J connectivity index is 1.74. The van der Waals surface area contributed by atoms with Gasteiger partial charge in [0, 0.05) is 49.9 Å². The number of likely N-dealkylation sites (tertiary alicyclic amines) is 1. The number of aryl methyl sites for hydroxylation is 1. The van der Waals surface area contributed by atoms with Crippen LogP contribution in [-0.4, -0.2) is 43.9 Å². The standard InChI is InChI=1S/C19H21N5O/c1-13-9-20-19(22-13)18-17(15-6-4-3-5-7-15)21-12-24(18)11-14-8-16(25)23(2)10-14/h3-7,9,12,14H,8,10-11H2,1-2H3,(H,20,22)/t14-/m1/s1. The zero-order chi connectivity index (χ0) is 17.4. The third kappa shape index (κ3) is 2.95. The maximum Gasteiger partial charge on any atom is 0.222 e. The van der Waals surface area contributed by atoms with E-state index in [1.165, 1.54) is 0 Å². The van der Waals surface area contributed by atoms with Crippen molar-refractivity contribution in [3.8, 4) is 22.8 Å². The molecule has 2 aromatic heterocycles. The fourth-order valence-electron chi connectivity index (χ4n) is 3.47. The van der Waals surface area contributed by atoms with E-state index in [-0.39, 0.29) is 5.91 Å². The van der Waals surface area contributed by atoms with Crippen molar-refractivity contribution < 1.29 is 4.79 Å². The van der Waals surface area contributed by atoms with Crippen LogP contribution >= 0.6 is 0 Å². The van der Waals surface area contributed by atoms with Gasteiger partial charge < -0.3 is 14.5 Å². The number of benzene rings is 1. The molecular weight excluding hydrogens is 314 g/mol. The molecule has 0 radical (unpaired) electrons. The largest absolute Gasteiger partial charge is 0.345 e. The number of hydrogen-bond acceptors (Lipinski definition) is 3. The lowest BCUT2D eigenvalue weighted by molar-refractivity contribution is -0.126. The molecular formula is C19H21N5O. The van der Waals surface area contributed by atoms with E-state index in [1.807, 2.05) is 44.7 Å². The molecule has 3 aromatic rings. The molecule has 0 spiro atoms. The van der Waals surface area contributed by atoms with Crippen molar-refractivity contribution in [3.05, 3.63) is 48.5 Å². The molecule has 1 aliphatic rings. The first kappa shape index (κ1) is 15.6. The van der Waals surface area contributed by atoms with Gasteiger partial charge >= 0.3 is 0 Å². The predicted molar refractivity (Wildman–Crippen MR) is 95.7 cm³/mol. The van der Waals surface area contributed by atoms with Crippen LogP contribution in [0.2, 0.25) is 0 Å². The minimum Gasteiger partial charge on any atom is -0.345 e. The number of amides is 1. The molecule has 1 aromatic carbocycles. The van der Waals surface area contributed by atoms with Crippen LogP contribution in [0.4, 0.5) is 0 Å². The van der Waals surface area contributed by atoms with Crippen molar-refractivity contribution in [1.29, 1.82) is 0 Å². The zero-order valence-electron chi connectivity index (χ0n) is 14.4. The molecule has 1 fully saturated rings. The van der Waals surface area contributed by atoms with Gasteiger partial charge in [-0.15, -0.1) is 0 Å². The summed E-state index contributed by atoms with van der Waals surface area (Å²) in [5.41, 5.74) is 3.95. The molecule has 25 heavy (non-hydrogen) atoms. The Hall–Kier alpha value is -2.89. The second-order valence-corrected chi connectivity index (χ2v) is 6.72. The molecule has 1 atom stereocenters. The molecule has 4 rings (SSSR count). The fourth-order valence-corrected chi connectivity index (χ4v) is 3.47. The highest BCUT2D eigenvalue weighted by Crippen LogP contribution is 2.31. The van der Waals surface area contributed by atoms with Crippen LogP contribution in [0.3, 0.4) is 0 Å². The van der Waals surface area contributed by atoms with Crippen molar-refractivity contribution in [3.63, 3.8) is 0 Å². The molecule has 6 heteroatoms. The van der Waals surface area contributed by atoms with Crippen LogP contribution in [0.25, 0.3) is 22.8 Å². The average Bonchev–Trinajstić information content (AvgIpc) is 3.29. The van der Waals surface area contributed by atoms with E-state index in [4.69, 9.17) is 0 Å². The molecule has 0 unspecified atom stereocenters. The topological polar surface area (TPSA) is 66.8 Å². The molecule has 128 valence electrons. The monoisotopic (exact) mass is 335 g/mol. The van der Waals surface area contributed by atoms with Gasteiger partial charge in [0.25, 0.3) is 0 Å². The van der Waals surface area contributed by atoms with E-state index in [0.717, 1.165) is 41.6 Å². The highest BCUT2D eigenvalue weighted by molar-refractivity contribution is 5.78. The lowest BCUT2D eigenvalue weighted by atomic mass is 10.1. The van der Waals surface area contributed by atoms with E-state index in [0.29, 0.717) is 12.3 Å². The van der Waals surface area contributed by atoms with E-state index in [9.17, 15) is 4.79 Å². The maximum atomic E-state index is 11.8. The first-order valence-corrected chi connectivity index (χ1v) is 8.48. The summed E-state index contributed by atoms with van der Waals surface area (Å²) in [7, 11) is 1.86. The van der Waals surface area contributed by atoms with Gasteiger partial charge in [-0.25, -0.2) is 9.97 Å². The van der Waals surface area contributed by atoms with Gasteiger partial charge in [-0.3, -0.25) is 4.79 Å². The zero-order valence-corrected chi connectivity index (χ0v) is 14.4. The number of aromatic nitrogens is 4. The Bertz CT molecular complexity index is 896. The molecule has 0 bridgehead atoms. The van der Waals surface area contributed by atoms with Crippen molar-refractivity contribution in [2.45, 2.75) is 19.9 Å². The number of aromatic amines is 1. The maximum absolute atomic E-state index is 11.8. The number of nitrogens with zero attached hydrogens (tertiary/aromatic N) is 4. The Labute approximate surface area is 146 Å². The van der Waals surface area contributed by atoms with Crippen LogP contribution < -0.4 is 0 Å². The Kier molecular flexibility index (Phi) is 3.87. The lowest BCUT2D eigenvalue weighted by Gasteiger charge is -2.13. The number of carbonyl (C=O) groups is 1. The number of hydrogen-bond donors (Lipinski definition) is 1. The minimum atomic E-state index is 0.212. The van der Waals surface area contributed by atoms with Crippen LogP contribution in [-0.2, 0) is 11.3 Å². The van der Waals surface area contributed by atoms with Gasteiger partial charge in [0.05, 0.1) is 12.0 Å². The van der Waals surface area contributed by atoms with Crippen molar-refractivity contribution in [2.24, 2.45) is 5.92 Å². The minimum absolute atomic E-state index is 0.212. The summed E-state index contributed by atoms with van der Waals surface area (Å²) in [5.74, 6) is 1.32. The van der Waals surface area contributed by atoms with E-state index in [1.54, 1.807) is 4.90 Å². The van der Waals surface area contributed by atoms with Gasteiger partial charge in [-0.1, -0.05) is 30.3 Å². The number of imidazole rings is 2. The molecule has 1 aliphatic heterocycles. The van der Waals surface area contributed by atoms with Gasteiger partial charge in [0.1, 0.15) is 5.69 Å². The summed E-state index contributed by atoms with van der Waals surface area (Å²) >= 11 is 0. The van der Waals surface area contributed by atoms with Gasteiger partial charge in [-0.2, -0.15) is 0 Å². The van der Waals surface area contributed by atoms with Crippen LogP contribution in [0, 0.1) is 12.8 Å². The van der Waals surface area contributed by atoms with E-state index < -0.39 is 0 Å². The lowest BCUT2D eigenvalue weighted by Crippen LogP contribution is -2.20. The number of H-pyrrole nitrogens is 1. The third-order valence-electron chi connectivity index (χ3n) is 4.69. The Morgan fingerprint density at radius 1 is 1.24 bits per heavy atom. The summed E-state index contributed by atoms with van der Waals surface area (Å²) in [6.45, 7) is 3.53. The molecule has 0 saturated carbocycles. The summed E-state index contributed by atoms with van der Waals surface area (Å²) in [6, 6.07) is 10.1. The van der Waals surface area contributed by atoms with Crippen LogP contribution in [0.1, 0.15) is 12.1 Å². The summed E-state index contributed by atoms with van der Waals surface area (Å²) in [6.07, 6.45) is 4.28. The SMILES string of the molecule is Cc1cnc(-c2c(-c3ccccc3)ncn2C[C@@H]2CC(=O)N(C)C2)[nH]1. The smallest absolute Gasteiger partial charge is 0.222 e. The second kappa shape index (κ2) is 6.20.